The Morgan fingerprint density at radius 1 is 1.30 bits per heavy atom. The first-order valence-corrected chi connectivity index (χ1v) is 8.38. The zero-order chi connectivity index (χ0) is 14.0. The van der Waals surface area contributed by atoms with Crippen molar-refractivity contribution in [2.75, 3.05) is 32.7 Å². The molecule has 3 rings (SSSR count). The monoisotopic (exact) mass is 338 g/mol. The van der Waals surface area contributed by atoms with E-state index in [2.05, 4.69) is 50.4 Å². The van der Waals surface area contributed by atoms with Crippen molar-refractivity contribution in [2.24, 2.45) is 0 Å². The zero-order valence-electron chi connectivity index (χ0n) is 11.8. The molecule has 0 amide bonds. The second-order valence-electron chi connectivity index (χ2n) is 6.12. The largest absolute Gasteiger partial charge is 0.389 e. The summed E-state index contributed by atoms with van der Waals surface area (Å²) in [6.45, 7) is 5.25. The van der Waals surface area contributed by atoms with Crippen molar-refractivity contribution in [3.05, 3.63) is 34.3 Å². The van der Waals surface area contributed by atoms with E-state index in [-0.39, 0.29) is 5.92 Å². The summed E-state index contributed by atoms with van der Waals surface area (Å²) in [6.07, 6.45) is 3.04. The number of nitrogens with zero attached hydrogens (tertiary/aromatic N) is 1. The molecule has 2 N–H and O–H groups in total. The van der Waals surface area contributed by atoms with Gasteiger partial charge in [-0.2, -0.15) is 0 Å². The molecule has 4 heteroatoms. The number of halogens is 1. The van der Waals surface area contributed by atoms with Gasteiger partial charge in [-0.1, -0.05) is 28.1 Å². The lowest BCUT2D eigenvalue weighted by Gasteiger charge is -2.46. The van der Waals surface area contributed by atoms with Gasteiger partial charge in [0.25, 0.3) is 0 Å². The fourth-order valence-electron chi connectivity index (χ4n) is 3.35. The van der Waals surface area contributed by atoms with E-state index >= 15 is 0 Å². The maximum atomic E-state index is 10.9. The Labute approximate surface area is 129 Å². The summed E-state index contributed by atoms with van der Waals surface area (Å²) in [5.74, 6) is 0.229. The van der Waals surface area contributed by atoms with Gasteiger partial charge in [0.15, 0.2) is 0 Å². The summed E-state index contributed by atoms with van der Waals surface area (Å²) in [5, 5.41) is 14.3. The number of aliphatic hydroxyl groups is 1. The smallest absolute Gasteiger partial charge is 0.0728 e. The Morgan fingerprint density at radius 3 is 2.65 bits per heavy atom. The number of rotatable bonds is 4. The van der Waals surface area contributed by atoms with Gasteiger partial charge in [-0.05, 0) is 37.0 Å². The fourth-order valence-corrected chi connectivity index (χ4v) is 3.77. The third-order valence-corrected chi connectivity index (χ3v) is 5.26. The highest BCUT2D eigenvalue weighted by molar-refractivity contribution is 9.10. The maximum absolute atomic E-state index is 10.9. The summed E-state index contributed by atoms with van der Waals surface area (Å²) >= 11 is 3.56. The number of benzene rings is 1. The van der Waals surface area contributed by atoms with Crippen molar-refractivity contribution >= 4 is 15.9 Å². The van der Waals surface area contributed by atoms with Crippen LogP contribution in [-0.4, -0.2) is 48.3 Å². The molecule has 0 bridgehead atoms. The van der Waals surface area contributed by atoms with Gasteiger partial charge in [-0.15, -0.1) is 0 Å². The predicted octanol–water partition coefficient (Wildman–Crippen LogP) is 2.35. The van der Waals surface area contributed by atoms with Crippen LogP contribution in [0.15, 0.2) is 28.7 Å². The fraction of sp³-hybridized carbons (Fsp3) is 0.625. The van der Waals surface area contributed by atoms with E-state index in [1.54, 1.807) is 0 Å². The number of piperazine rings is 1. The van der Waals surface area contributed by atoms with E-state index in [1.807, 2.05) is 0 Å². The first-order chi connectivity index (χ1) is 9.67. The quantitative estimate of drug-likeness (QED) is 0.884. The molecule has 1 atom stereocenters. The standard InChI is InChI=1S/C16H23BrN2O/c17-14-4-1-3-13(11-14)15(16(20)5-2-6-16)12-19-9-7-18-8-10-19/h1,3-4,11,15,18,20H,2,5-10,12H2. The second-order valence-corrected chi connectivity index (χ2v) is 7.03. The van der Waals surface area contributed by atoms with Gasteiger partial charge in [0.2, 0.25) is 0 Å². The lowest BCUT2D eigenvalue weighted by Crippen LogP contribution is -2.51. The molecule has 0 radical (unpaired) electrons. The second kappa shape index (κ2) is 6.14. The van der Waals surface area contributed by atoms with Crippen molar-refractivity contribution in [2.45, 2.75) is 30.8 Å². The van der Waals surface area contributed by atoms with Crippen LogP contribution in [0.25, 0.3) is 0 Å². The molecule has 1 aliphatic carbocycles. The lowest BCUT2D eigenvalue weighted by atomic mass is 9.68. The van der Waals surface area contributed by atoms with Crippen LogP contribution < -0.4 is 5.32 Å². The summed E-state index contributed by atoms with van der Waals surface area (Å²) in [5.41, 5.74) is 0.770. The molecule has 0 spiro atoms. The molecule has 1 aromatic carbocycles. The number of hydrogen-bond acceptors (Lipinski definition) is 3. The van der Waals surface area contributed by atoms with Gasteiger partial charge in [0.05, 0.1) is 5.60 Å². The van der Waals surface area contributed by atoms with Gasteiger partial charge in [0, 0.05) is 43.1 Å². The van der Waals surface area contributed by atoms with Gasteiger partial charge in [0.1, 0.15) is 0 Å². The van der Waals surface area contributed by atoms with Crippen molar-refractivity contribution < 1.29 is 5.11 Å². The molecule has 1 heterocycles. The van der Waals surface area contributed by atoms with Gasteiger partial charge in [-0.3, -0.25) is 0 Å². The summed E-state index contributed by atoms with van der Waals surface area (Å²) in [7, 11) is 0. The maximum Gasteiger partial charge on any atom is 0.0728 e. The van der Waals surface area contributed by atoms with E-state index in [9.17, 15) is 5.11 Å². The molecular formula is C16H23BrN2O. The van der Waals surface area contributed by atoms with Gasteiger partial charge in [-0.25, -0.2) is 0 Å². The molecule has 1 aromatic rings. The molecular weight excluding hydrogens is 316 g/mol. The molecule has 0 aromatic heterocycles. The average molecular weight is 339 g/mol. The highest BCUT2D eigenvalue weighted by Gasteiger charge is 2.43. The van der Waals surface area contributed by atoms with E-state index in [1.165, 1.54) is 5.56 Å². The molecule has 1 unspecified atom stereocenters. The van der Waals surface area contributed by atoms with E-state index in [4.69, 9.17) is 0 Å². The van der Waals surface area contributed by atoms with E-state index < -0.39 is 5.60 Å². The topological polar surface area (TPSA) is 35.5 Å². The van der Waals surface area contributed by atoms with E-state index in [0.29, 0.717) is 0 Å². The van der Waals surface area contributed by atoms with Crippen LogP contribution in [0.4, 0.5) is 0 Å². The molecule has 110 valence electrons. The molecule has 1 aliphatic heterocycles. The Balaban J connectivity index is 1.80. The predicted molar refractivity (Wildman–Crippen MR) is 85.0 cm³/mol. The zero-order valence-corrected chi connectivity index (χ0v) is 13.4. The van der Waals surface area contributed by atoms with Crippen LogP contribution in [0.3, 0.4) is 0 Å². The molecule has 2 aliphatic rings. The molecule has 3 nitrogen and oxygen atoms in total. The van der Waals surface area contributed by atoms with Crippen molar-refractivity contribution in [1.29, 1.82) is 0 Å². The van der Waals surface area contributed by atoms with Crippen LogP contribution in [0.5, 0.6) is 0 Å². The van der Waals surface area contributed by atoms with Crippen molar-refractivity contribution in [3.63, 3.8) is 0 Å². The summed E-state index contributed by atoms with van der Waals surface area (Å²) in [4.78, 5) is 2.48. The average Bonchev–Trinajstić information content (AvgIpc) is 2.43. The van der Waals surface area contributed by atoms with Crippen LogP contribution in [0.2, 0.25) is 0 Å². The molecule has 1 saturated heterocycles. The van der Waals surface area contributed by atoms with E-state index in [0.717, 1.165) is 56.5 Å². The SMILES string of the molecule is OC1(C(CN2CCNCC2)c2cccc(Br)c2)CCC1. The van der Waals surface area contributed by atoms with Crippen LogP contribution >= 0.6 is 15.9 Å². The van der Waals surface area contributed by atoms with Crippen molar-refractivity contribution in [3.8, 4) is 0 Å². The minimum absolute atomic E-state index is 0.229. The first kappa shape index (κ1) is 14.5. The number of nitrogens with one attached hydrogen (secondary N) is 1. The Bertz CT molecular complexity index is 456. The third kappa shape index (κ3) is 3.08. The van der Waals surface area contributed by atoms with Crippen LogP contribution in [0, 0.1) is 0 Å². The minimum atomic E-state index is -0.494. The van der Waals surface area contributed by atoms with Crippen LogP contribution in [0.1, 0.15) is 30.7 Å². The summed E-state index contributed by atoms with van der Waals surface area (Å²) in [6, 6.07) is 8.46. The van der Waals surface area contributed by atoms with Gasteiger partial charge < -0.3 is 15.3 Å². The lowest BCUT2D eigenvalue weighted by molar-refractivity contribution is -0.0652. The number of hydrogen-bond donors (Lipinski definition) is 2. The van der Waals surface area contributed by atoms with Crippen LogP contribution in [-0.2, 0) is 0 Å². The van der Waals surface area contributed by atoms with Gasteiger partial charge >= 0.3 is 0 Å². The van der Waals surface area contributed by atoms with Crippen molar-refractivity contribution in [1.82, 2.24) is 10.2 Å². The normalized spacial score (nSPS) is 24.1. The summed E-state index contributed by atoms with van der Waals surface area (Å²) < 4.78 is 1.10. The molecule has 1 saturated carbocycles. The molecule has 2 fully saturated rings. The Morgan fingerprint density at radius 2 is 2.05 bits per heavy atom. The molecule has 20 heavy (non-hydrogen) atoms. The third-order valence-electron chi connectivity index (χ3n) is 4.77. The highest BCUT2D eigenvalue weighted by Crippen LogP contribution is 2.44. The first-order valence-electron chi connectivity index (χ1n) is 7.58. The Hall–Kier alpha value is -0.420. The Kier molecular flexibility index (Phi) is 4.46. The minimum Gasteiger partial charge on any atom is -0.389 e. The highest BCUT2D eigenvalue weighted by atomic mass is 79.9.